The quantitative estimate of drug-likeness (QED) is 0.699. The van der Waals surface area contributed by atoms with Gasteiger partial charge < -0.3 is 10.0 Å². The number of halogens is 3. The zero-order valence-corrected chi connectivity index (χ0v) is 7.12. The molecule has 0 bridgehead atoms. The van der Waals surface area contributed by atoms with E-state index in [1.165, 1.54) is 0 Å². The lowest BCUT2D eigenvalue weighted by Gasteiger charge is -2.32. The molecule has 0 unspecified atom stereocenters. The molecule has 1 rings (SSSR count). The molecule has 14 heavy (non-hydrogen) atoms. The topological polar surface area (TPSA) is 53.0 Å². The summed E-state index contributed by atoms with van der Waals surface area (Å²) in [6.45, 7) is -0.117. The van der Waals surface area contributed by atoms with Gasteiger partial charge in [0.15, 0.2) is 0 Å². The van der Waals surface area contributed by atoms with E-state index in [2.05, 4.69) is 4.84 Å². The van der Waals surface area contributed by atoms with Gasteiger partial charge in [0, 0.05) is 26.2 Å². The van der Waals surface area contributed by atoms with Crippen LogP contribution < -0.4 is 0 Å². The second-order valence-electron chi connectivity index (χ2n) is 2.74. The molecular formula is C6H9F3N2O3. The van der Waals surface area contributed by atoms with Crippen LogP contribution in [0.25, 0.3) is 0 Å². The average Bonchev–Trinajstić information content (AvgIpc) is 2.02. The Balaban J connectivity index is 2.33. The van der Waals surface area contributed by atoms with E-state index >= 15 is 0 Å². The van der Waals surface area contributed by atoms with E-state index in [0.717, 1.165) is 4.90 Å². The lowest BCUT2D eigenvalue weighted by atomic mass is 10.4. The Morgan fingerprint density at radius 3 is 2.07 bits per heavy atom. The van der Waals surface area contributed by atoms with Crippen LogP contribution in [-0.2, 0) is 4.84 Å². The van der Waals surface area contributed by atoms with E-state index in [1.54, 1.807) is 0 Å². The number of amides is 1. The fraction of sp³-hybridized carbons (Fsp3) is 0.833. The standard InChI is InChI=1S/C6H9F3N2O3/c7-6(8,9)14-11-3-1-10(2-4-11)5(12)13/h1-4H2,(H,12,13). The molecule has 1 saturated heterocycles. The number of nitrogens with zero attached hydrogens (tertiary/aromatic N) is 2. The second-order valence-corrected chi connectivity index (χ2v) is 2.74. The monoisotopic (exact) mass is 214 g/mol. The molecule has 1 aliphatic heterocycles. The summed E-state index contributed by atoms with van der Waals surface area (Å²) in [6.07, 6.45) is -5.83. The molecule has 1 N–H and O–H groups in total. The summed E-state index contributed by atoms with van der Waals surface area (Å²) < 4.78 is 35.1. The maximum atomic E-state index is 11.7. The fourth-order valence-electron chi connectivity index (χ4n) is 1.12. The second kappa shape index (κ2) is 4.01. The van der Waals surface area contributed by atoms with E-state index in [9.17, 15) is 18.0 Å². The Labute approximate surface area is 77.6 Å². The summed E-state index contributed by atoms with van der Waals surface area (Å²) in [6, 6.07) is 0. The Bertz CT molecular complexity index is 213. The van der Waals surface area contributed by atoms with Crippen molar-refractivity contribution in [3.05, 3.63) is 0 Å². The van der Waals surface area contributed by atoms with Gasteiger partial charge in [-0.3, -0.25) is 0 Å². The minimum Gasteiger partial charge on any atom is -0.465 e. The van der Waals surface area contributed by atoms with Crippen LogP contribution in [0.1, 0.15) is 0 Å². The minimum absolute atomic E-state index is 0.0193. The summed E-state index contributed by atoms with van der Waals surface area (Å²) in [7, 11) is 0. The van der Waals surface area contributed by atoms with E-state index in [1.807, 2.05) is 0 Å². The van der Waals surface area contributed by atoms with E-state index in [-0.39, 0.29) is 26.2 Å². The SMILES string of the molecule is O=C(O)N1CCN(OC(F)(F)F)CC1. The van der Waals surface area contributed by atoms with E-state index in [0.29, 0.717) is 5.06 Å². The van der Waals surface area contributed by atoms with E-state index in [4.69, 9.17) is 5.11 Å². The van der Waals surface area contributed by atoms with Crippen LogP contribution in [0.2, 0.25) is 0 Å². The van der Waals surface area contributed by atoms with Crippen molar-refractivity contribution >= 4 is 6.09 Å². The molecule has 0 saturated carbocycles. The predicted octanol–water partition coefficient (Wildman–Crippen LogP) is 0.733. The number of rotatable bonds is 1. The van der Waals surface area contributed by atoms with Crippen LogP contribution in [0.4, 0.5) is 18.0 Å². The third kappa shape index (κ3) is 3.38. The van der Waals surface area contributed by atoms with Crippen molar-refractivity contribution in [3.63, 3.8) is 0 Å². The number of hydrogen-bond acceptors (Lipinski definition) is 3. The number of carbonyl (C=O) groups is 1. The first kappa shape index (κ1) is 11.1. The highest BCUT2D eigenvalue weighted by atomic mass is 19.4. The van der Waals surface area contributed by atoms with Crippen molar-refractivity contribution in [3.8, 4) is 0 Å². The van der Waals surface area contributed by atoms with Gasteiger partial charge in [0.1, 0.15) is 0 Å². The van der Waals surface area contributed by atoms with Gasteiger partial charge in [-0.1, -0.05) is 0 Å². The molecular weight excluding hydrogens is 205 g/mol. The molecule has 1 heterocycles. The number of piperazine rings is 1. The molecule has 1 aliphatic rings. The first-order chi connectivity index (χ1) is 6.38. The average molecular weight is 214 g/mol. The van der Waals surface area contributed by atoms with Gasteiger partial charge in [0.25, 0.3) is 0 Å². The number of carboxylic acid groups (broad SMARTS) is 1. The molecule has 82 valence electrons. The van der Waals surface area contributed by atoms with Gasteiger partial charge in [-0.2, -0.15) is 5.06 Å². The van der Waals surface area contributed by atoms with Crippen LogP contribution in [-0.4, -0.2) is 53.7 Å². The van der Waals surface area contributed by atoms with Crippen LogP contribution >= 0.6 is 0 Å². The molecule has 1 fully saturated rings. The van der Waals surface area contributed by atoms with Crippen molar-refractivity contribution < 1.29 is 27.9 Å². The molecule has 0 spiro atoms. The minimum atomic E-state index is -4.70. The van der Waals surface area contributed by atoms with Crippen LogP contribution in [0.15, 0.2) is 0 Å². The number of alkyl halides is 3. The Kier molecular flexibility index (Phi) is 3.17. The molecule has 0 aromatic rings. The van der Waals surface area contributed by atoms with Crippen molar-refractivity contribution in [1.82, 2.24) is 9.96 Å². The van der Waals surface area contributed by atoms with Gasteiger partial charge in [-0.25, -0.2) is 9.63 Å². The van der Waals surface area contributed by atoms with Crippen LogP contribution in [0, 0.1) is 0 Å². The third-order valence-corrected chi connectivity index (χ3v) is 1.74. The molecule has 5 nitrogen and oxygen atoms in total. The van der Waals surface area contributed by atoms with Gasteiger partial charge in [-0.15, -0.1) is 13.2 Å². The zero-order valence-electron chi connectivity index (χ0n) is 7.12. The summed E-state index contributed by atoms with van der Waals surface area (Å²) in [4.78, 5) is 15.0. The summed E-state index contributed by atoms with van der Waals surface area (Å²) in [5.41, 5.74) is 0. The van der Waals surface area contributed by atoms with Gasteiger partial charge in [0.05, 0.1) is 0 Å². The first-order valence-corrected chi connectivity index (χ1v) is 3.87. The summed E-state index contributed by atoms with van der Waals surface area (Å²) in [5.74, 6) is 0. The first-order valence-electron chi connectivity index (χ1n) is 3.87. The molecule has 0 aromatic carbocycles. The normalized spacial score (nSPS) is 19.8. The zero-order chi connectivity index (χ0) is 10.8. The van der Waals surface area contributed by atoms with Gasteiger partial charge >= 0.3 is 12.5 Å². The highest BCUT2D eigenvalue weighted by Crippen LogP contribution is 2.19. The maximum absolute atomic E-state index is 11.7. The molecule has 0 aromatic heterocycles. The van der Waals surface area contributed by atoms with Crippen LogP contribution in [0.5, 0.6) is 0 Å². The molecule has 0 aliphatic carbocycles. The largest absolute Gasteiger partial charge is 0.539 e. The Morgan fingerprint density at radius 1 is 1.21 bits per heavy atom. The number of hydroxylamine groups is 2. The summed E-state index contributed by atoms with van der Waals surface area (Å²) in [5, 5.41) is 9.21. The third-order valence-electron chi connectivity index (χ3n) is 1.74. The molecule has 1 amide bonds. The highest BCUT2D eigenvalue weighted by Gasteiger charge is 2.35. The van der Waals surface area contributed by atoms with Crippen molar-refractivity contribution in [2.24, 2.45) is 0 Å². The molecule has 0 atom stereocenters. The lowest BCUT2D eigenvalue weighted by Crippen LogP contribution is -2.49. The van der Waals surface area contributed by atoms with Crippen molar-refractivity contribution in [2.45, 2.75) is 6.36 Å². The maximum Gasteiger partial charge on any atom is 0.539 e. The summed E-state index contributed by atoms with van der Waals surface area (Å²) >= 11 is 0. The van der Waals surface area contributed by atoms with E-state index < -0.39 is 12.5 Å². The van der Waals surface area contributed by atoms with Crippen molar-refractivity contribution in [1.29, 1.82) is 0 Å². The van der Waals surface area contributed by atoms with Crippen molar-refractivity contribution in [2.75, 3.05) is 26.2 Å². The lowest BCUT2D eigenvalue weighted by molar-refractivity contribution is -0.416. The fourth-order valence-corrected chi connectivity index (χ4v) is 1.12. The predicted molar refractivity (Wildman–Crippen MR) is 38.3 cm³/mol. The highest BCUT2D eigenvalue weighted by molar-refractivity contribution is 5.65. The molecule has 0 radical (unpaired) electrons. The van der Waals surface area contributed by atoms with Gasteiger partial charge in [0.2, 0.25) is 0 Å². The molecule has 8 heteroatoms. The Morgan fingerprint density at radius 2 is 1.71 bits per heavy atom. The number of hydrogen-bond donors (Lipinski definition) is 1. The van der Waals surface area contributed by atoms with Crippen LogP contribution in [0.3, 0.4) is 0 Å². The Hall–Kier alpha value is -1.02. The smallest absolute Gasteiger partial charge is 0.465 e. The van der Waals surface area contributed by atoms with Gasteiger partial charge in [-0.05, 0) is 0 Å².